The van der Waals surface area contributed by atoms with Crippen LogP contribution in [0.25, 0.3) is 0 Å². The highest BCUT2D eigenvalue weighted by atomic mass is 32.2. The van der Waals surface area contributed by atoms with Crippen molar-refractivity contribution in [3.05, 3.63) is 63.4 Å². The van der Waals surface area contributed by atoms with Gasteiger partial charge in [0.15, 0.2) is 5.16 Å². The van der Waals surface area contributed by atoms with E-state index >= 15 is 0 Å². The van der Waals surface area contributed by atoms with Crippen molar-refractivity contribution >= 4 is 34.0 Å². The third-order valence-corrected chi connectivity index (χ3v) is 5.08. The van der Waals surface area contributed by atoms with E-state index in [1.54, 1.807) is 11.4 Å². The second-order valence-electron chi connectivity index (χ2n) is 5.00. The molecular weight excluding hydrogens is 358 g/mol. The molecule has 0 saturated heterocycles. The van der Waals surface area contributed by atoms with Gasteiger partial charge in [-0.25, -0.2) is 9.89 Å². The summed E-state index contributed by atoms with van der Waals surface area (Å²) in [6.45, 7) is 0.379. The minimum atomic E-state index is -0.322. The summed E-state index contributed by atoms with van der Waals surface area (Å²) in [6, 6.07) is 13.2. The van der Waals surface area contributed by atoms with Crippen LogP contribution in [0.1, 0.15) is 11.1 Å². The van der Waals surface area contributed by atoms with Crippen molar-refractivity contribution in [2.24, 2.45) is 0 Å². The molecular formula is C16H13N5O2S2. The van der Waals surface area contributed by atoms with Gasteiger partial charge in [0.25, 0.3) is 0 Å². The third kappa shape index (κ3) is 4.17. The minimum absolute atomic E-state index is 0.0852. The van der Waals surface area contributed by atoms with Crippen LogP contribution in [0.4, 0.5) is 5.00 Å². The molecule has 25 heavy (non-hydrogen) atoms. The average Bonchev–Trinajstić information content (AvgIpc) is 3.21. The maximum absolute atomic E-state index is 12.1. The number of H-pyrrole nitrogens is 1. The average molecular weight is 371 g/mol. The van der Waals surface area contributed by atoms with Crippen LogP contribution in [-0.4, -0.2) is 26.4 Å². The summed E-state index contributed by atoms with van der Waals surface area (Å²) in [4.78, 5) is 24.0. The number of hydrogen-bond acceptors (Lipinski definition) is 6. The van der Waals surface area contributed by atoms with Gasteiger partial charge >= 0.3 is 5.69 Å². The van der Waals surface area contributed by atoms with Gasteiger partial charge in [-0.15, -0.1) is 16.4 Å². The summed E-state index contributed by atoms with van der Waals surface area (Å²) >= 11 is 2.45. The van der Waals surface area contributed by atoms with Gasteiger partial charge < -0.3 is 5.32 Å². The van der Waals surface area contributed by atoms with Gasteiger partial charge in [0.05, 0.1) is 17.9 Å². The van der Waals surface area contributed by atoms with Crippen LogP contribution in [0.5, 0.6) is 0 Å². The summed E-state index contributed by atoms with van der Waals surface area (Å²) < 4.78 is 1.49. The van der Waals surface area contributed by atoms with Gasteiger partial charge in [-0.3, -0.25) is 9.36 Å². The van der Waals surface area contributed by atoms with E-state index in [1.807, 2.05) is 36.4 Å². The predicted molar refractivity (Wildman–Crippen MR) is 96.8 cm³/mol. The van der Waals surface area contributed by atoms with E-state index in [1.165, 1.54) is 15.9 Å². The van der Waals surface area contributed by atoms with Crippen molar-refractivity contribution in [3.8, 4) is 6.07 Å². The minimum Gasteiger partial charge on any atom is -0.316 e. The first kappa shape index (κ1) is 17.0. The molecule has 0 aliphatic carbocycles. The van der Waals surface area contributed by atoms with Crippen molar-refractivity contribution in [2.45, 2.75) is 11.7 Å². The maximum Gasteiger partial charge on any atom is 0.344 e. The molecule has 0 atom stereocenters. The molecule has 0 fully saturated rings. The molecule has 2 heterocycles. The smallest absolute Gasteiger partial charge is 0.316 e. The van der Waals surface area contributed by atoms with Crippen LogP contribution in [0.15, 0.2) is 51.7 Å². The van der Waals surface area contributed by atoms with E-state index in [4.69, 9.17) is 5.26 Å². The number of aromatic nitrogens is 3. The van der Waals surface area contributed by atoms with Gasteiger partial charge in [-0.05, 0) is 17.0 Å². The van der Waals surface area contributed by atoms with Gasteiger partial charge in [0.2, 0.25) is 5.91 Å². The molecule has 2 aromatic heterocycles. The van der Waals surface area contributed by atoms with Gasteiger partial charge in [0.1, 0.15) is 11.1 Å². The molecule has 0 saturated carbocycles. The number of carbonyl (C=O) groups is 1. The van der Waals surface area contributed by atoms with E-state index in [2.05, 4.69) is 15.5 Å². The highest BCUT2D eigenvalue weighted by Gasteiger charge is 2.13. The Morgan fingerprint density at radius 3 is 2.92 bits per heavy atom. The Hall–Kier alpha value is -2.83. The fraction of sp³-hybridized carbons (Fsp3) is 0.125. The van der Waals surface area contributed by atoms with E-state index < -0.39 is 0 Å². The molecule has 9 heteroatoms. The maximum atomic E-state index is 12.1. The second-order valence-corrected chi connectivity index (χ2v) is 6.85. The Kier molecular flexibility index (Phi) is 5.33. The van der Waals surface area contributed by atoms with Crippen molar-refractivity contribution in [3.63, 3.8) is 0 Å². The van der Waals surface area contributed by atoms with Crippen LogP contribution >= 0.6 is 23.1 Å². The molecule has 0 bridgehead atoms. The topological polar surface area (TPSA) is 104 Å². The zero-order valence-corrected chi connectivity index (χ0v) is 14.6. The van der Waals surface area contributed by atoms with Crippen molar-refractivity contribution in [2.75, 3.05) is 11.1 Å². The Bertz CT molecular complexity index is 968. The summed E-state index contributed by atoms with van der Waals surface area (Å²) in [6.07, 6.45) is 0. The SMILES string of the molecule is N#Cc1ccsc1NC(=O)CSc1n[nH]c(=O)n1Cc1ccccc1. The molecule has 2 N–H and O–H groups in total. The normalized spacial score (nSPS) is 10.4. The van der Waals surface area contributed by atoms with Crippen LogP contribution in [0.3, 0.4) is 0 Å². The molecule has 1 amide bonds. The summed E-state index contributed by atoms with van der Waals surface area (Å²) in [5.74, 6) is -0.173. The Labute approximate surface area is 151 Å². The van der Waals surface area contributed by atoms with Crippen molar-refractivity contribution in [1.29, 1.82) is 5.26 Å². The van der Waals surface area contributed by atoms with E-state index in [0.29, 0.717) is 22.3 Å². The number of thiophene rings is 1. The van der Waals surface area contributed by atoms with Crippen LogP contribution in [-0.2, 0) is 11.3 Å². The molecule has 7 nitrogen and oxygen atoms in total. The van der Waals surface area contributed by atoms with Crippen molar-refractivity contribution < 1.29 is 4.79 Å². The van der Waals surface area contributed by atoms with Crippen LogP contribution in [0, 0.1) is 11.3 Å². The van der Waals surface area contributed by atoms with E-state index in [0.717, 1.165) is 17.3 Å². The monoisotopic (exact) mass is 371 g/mol. The van der Waals surface area contributed by atoms with E-state index in [-0.39, 0.29) is 17.3 Å². The highest BCUT2D eigenvalue weighted by molar-refractivity contribution is 7.99. The number of amides is 1. The Balaban J connectivity index is 1.65. The van der Waals surface area contributed by atoms with Crippen LogP contribution in [0.2, 0.25) is 0 Å². The molecule has 126 valence electrons. The first-order valence-electron chi connectivity index (χ1n) is 7.26. The molecule has 1 aromatic carbocycles. The molecule has 3 rings (SSSR count). The lowest BCUT2D eigenvalue weighted by molar-refractivity contribution is -0.113. The lowest BCUT2D eigenvalue weighted by Crippen LogP contribution is -2.19. The Morgan fingerprint density at radius 2 is 2.16 bits per heavy atom. The van der Waals surface area contributed by atoms with E-state index in [9.17, 15) is 9.59 Å². The molecule has 0 unspecified atom stereocenters. The zero-order chi connectivity index (χ0) is 17.6. The van der Waals surface area contributed by atoms with Crippen molar-refractivity contribution in [1.82, 2.24) is 14.8 Å². The summed E-state index contributed by atoms with van der Waals surface area (Å²) in [5.41, 5.74) is 1.08. The number of thioether (sulfide) groups is 1. The molecule has 0 radical (unpaired) electrons. The number of nitrogens with one attached hydrogen (secondary N) is 2. The fourth-order valence-electron chi connectivity index (χ4n) is 2.11. The number of rotatable bonds is 6. The lowest BCUT2D eigenvalue weighted by Gasteiger charge is -2.06. The van der Waals surface area contributed by atoms with Gasteiger partial charge in [-0.1, -0.05) is 42.1 Å². The molecule has 0 aliphatic heterocycles. The number of aromatic amines is 1. The summed E-state index contributed by atoms with van der Waals surface area (Å²) in [5, 5.41) is 20.7. The number of benzene rings is 1. The molecule has 3 aromatic rings. The number of nitriles is 1. The standard InChI is InChI=1S/C16H13N5O2S2/c17-8-12-6-7-24-14(12)18-13(22)10-25-16-20-19-15(23)21(16)9-11-4-2-1-3-5-11/h1-7H,9-10H2,(H,18,22)(H,19,23). The van der Waals surface area contributed by atoms with Gasteiger partial charge in [-0.2, -0.15) is 5.26 Å². The quantitative estimate of drug-likeness (QED) is 0.647. The Morgan fingerprint density at radius 1 is 1.36 bits per heavy atom. The number of nitrogens with zero attached hydrogens (tertiary/aromatic N) is 3. The molecule has 0 aliphatic rings. The predicted octanol–water partition coefficient (Wildman–Crippen LogP) is 2.28. The largest absolute Gasteiger partial charge is 0.344 e. The number of carbonyl (C=O) groups excluding carboxylic acids is 1. The summed E-state index contributed by atoms with van der Waals surface area (Å²) in [7, 11) is 0. The first-order valence-corrected chi connectivity index (χ1v) is 9.13. The fourth-order valence-corrected chi connectivity index (χ4v) is 3.61. The van der Waals surface area contributed by atoms with Crippen LogP contribution < -0.4 is 11.0 Å². The number of hydrogen-bond donors (Lipinski definition) is 2. The lowest BCUT2D eigenvalue weighted by atomic mass is 10.2. The third-order valence-electron chi connectivity index (χ3n) is 3.28. The van der Waals surface area contributed by atoms with Gasteiger partial charge in [0, 0.05) is 0 Å². The zero-order valence-electron chi connectivity index (χ0n) is 12.9. The molecule has 0 spiro atoms. The highest BCUT2D eigenvalue weighted by Crippen LogP contribution is 2.23. The first-order chi connectivity index (χ1) is 12.2. The number of anilines is 1. The second kappa shape index (κ2) is 7.83.